The smallest absolute Gasteiger partial charge is 0.312 e. The Labute approximate surface area is 145 Å². The molecular formula is C18H18ClNO4. The first-order valence-electron chi connectivity index (χ1n) is 7.77. The Morgan fingerprint density at radius 1 is 1.33 bits per heavy atom. The number of amides is 1. The molecule has 1 aromatic rings. The highest BCUT2D eigenvalue weighted by Gasteiger charge is 2.32. The van der Waals surface area contributed by atoms with Crippen molar-refractivity contribution in [3.8, 4) is 0 Å². The highest BCUT2D eigenvalue weighted by molar-refractivity contribution is 6.33. The summed E-state index contributed by atoms with van der Waals surface area (Å²) in [5, 5.41) is 3.41. The second-order valence-corrected chi connectivity index (χ2v) is 6.13. The average molecular weight is 348 g/mol. The molecule has 1 heterocycles. The molecule has 1 aliphatic heterocycles. The van der Waals surface area contributed by atoms with Gasteiger partial charge in [-0.2, -0.15) is 0 Å². The van der Waals surface area contributed by atoms with E-state index in [1.165, 1.54) is 7.11 Å². The normalized spacial score (nSPS) is 22.4. The molecule has 1 aliphatic carbocycles. The van der Waals surface area contributed by atoms with Crippen LogP contribution in [0.2, 0.25) is 5.02 Å². The van der Waals surface area contributed by atoms with Crippen LogP contribution in [-0.4, -0.2) is 31.6 Å². The fourth-order valence-electron chi connectivity index (χ4n) is 2.99. The summed E-state index contributed by atoms with van der Waals surface area (Å²) in [5.41, 5.74) is 1.35. The summed E-state index contributed by atoms with van der Waals surface area (Å²) in [5.74, 6) is -0.149. The summed E-state index contributed by atoms with van der Waals surface area (Å²) in [6.07, 6.45) is 4.69. The largest absolute Gasteiger partial charge is 0.493 e. The van der Waals surface area contributed by atoms with Crippen LogP contribution in [0.15, 0.2) is 47.7 Å². The number of benzene rings is 1. The van der Waals surface area contributed by atoms with Gasteiger partial charge in [0.2, 0.25) is 0 Å². The van der Waals surface area contributed by atoms with Gasteiger partial charge in [0.05, 0.1) is 36.3 Å². The van der Waals surface area contributed by atoms with E-state index in [0.717, 1.165) is 11.3 Å². The molecule has 24 heavy (non-hydrogen) atoms. The maximum atomic E-state index is 12.5. The summed E-state index contributed by atoms with van der Waals surface area (Å²) in [6.45, 7) is 0.513. The van der Waals surface area contributed by atoms with E-state index in [4.69, 9.17) is 21.1 Å². The summed E-state index contributed by atoms with van der Waals surface area (Å²) in [4.78, 5) is 24.3. The molecule has 2 aliphatic rings. The van der Waals surface area contributed by atoms with E-state index in [1.54, 1.807) is 36.4 Å². The number of ether oxygens (including phenoxy) is 2. The Morgan fingerprint density at radius 3 is 2.88 bits per heavy atom. The standard InChI is InChI=1S/C18H18ClNO4/c1-23-18(22)11-6-7-16-13(10-11)15(8-9-24-16)20-17(21)12-4-2-3-5-14(12)19/h2-7,11,15H,8-10H2,1H3,(H,20,21)/t11?,15-/m1/s1. The lowest BCUT2D eigenvalue weighted by atomic mass is 9.86. The van der Waals surface area contributed by atoms with Gasteiger partial charge in [0.25, 0.3) is 5.91 Å². The van der Waals surface area contributed by atoms with Gasteiger partial charge in [-0.25, -0.2) is 0 Å². The van der Waals surface area contributed by atoms with Gasteiger partial charge in [0, 0.05) is 6.42 Å². The van der Waals surface area contributed by atoms with Crippen molar-refractivity contribution in [1.29, 1.82) is 0 Å². The van der Waals surface area contributed by atoms with Crippen molar-refractivity contribution in [3.05, 3.63) is 58.3 Å². The SMILES string of the molecule is COC(=O)C1C=CC2=C(C1)[C@H](NC(=O)c1ccccc1Cl)CCO2. The van der Waals surface area contributed by atoms with Crippen LogP contribution in [0.1, 0.15) is 23.2 Å². The molecule has 0 fully saturated rings. The first-order chi connectivity index (χ1) is 11.6. The third-order valence-corrected chi connectivity index (χ3v) is 4.58. The van der Waals surface area contributed by atoms with Gasteiger partial charge in [0.1, 0.15) is 5.76 Å². The number of rotatable bonds is 3. The van der Waals surface area contributed by atoms with Crippen molar-refractivity contribution in [2.24, 2.45) is 5.92 Å². The second kappa shape index (κ2) is 7.09. The fourth-order valence-corrected chi connectivity index (χ4v) is 3.21. The molecule has 1 aromatic carbocycles. The van der Waals surface area contributed by atoms with Gasteiger partial charge in [-0.15, -0.1) is 0 Å². The van der Waals surface area contributed by atoms with Gasteiger partial charge in [-0.1, -0.05) is 29.8 Å². The number of allylic oxidation sites excluding steroid dienone is 1. The zero-order valence-electron chi connectivity index (χ0n) is 13.3. The van der Waals surface area contributed by atoms with Gasteiger partial charge in [0.15, 0.2) is 0 Å². The summed E-state index contributed by atoms with van der Waals surface area (Å²) >= 11 is 6.09. The first-order valence-corrected chi connectivity index (χ1v) is 8.15. The predicted octanol–water partition coefficient (Wildman–Crippen LogP) is 2.86. The third-order valence-electron chi connectivity index (χ3n) is 4.25. The van der Waals surface area contributed by atoms with Gasteiger partial charge < -0.3 is 14.8 Å². The minimum absolute atomic E-state index is 0.186. The Hall–Kier alpha value is -2.27. The molecule has 2 atom stereocenters. The lowest BCUT2D eigenvalue weighted by molar-refractivity contribution is -0.143. The fraction of sp³-hybridized carbons (Fsp3) is 0.333. The average Bonchev–Trinajstić information content (AvgIpc) is 2.61. The number of nitrogens with one attached hydrogen (secondary N) is 1. The Balaban J connectivity index is 1.78. The van der Waals surface area contributed by atoms with E-state index in [2.05, 4.69) is 5.32 Å². The van der Waals surface area contributed by atoms with Crippen molar-refractivity contribution < 1.29 is 19.1 Å². The highest BCUT2D eigenvalue weighted by atomic mass is 35.5. The van der Waals surface area contributed by atoms with Crippen LogP contribution in [0.3, 0.4) is 0 Å². The van der Waals surface area contributed by atoms with E-state index < -0.39 is 0 Å². The number of esters is 1. The molecule has 6 heteroatoms. The zero-order chi connectivity index (χ0) is 17.1. The van der Waals surface area contributed by atoms with Gasteiger partial charge >= 0.3 is 5.97 Å². The zero-order valence-corrected chi connectivity index (χ0v) is 14.0. The maximum absolute atomic E-state index is 12.5. The molecule has 0 saturated carbocycles. The Morgan fingerprint density at radius 2 is 2.12 bits per heavy atom. The van der Waals surface area contributed by atoms with E-state index >= 15 is 0 Å². The molecule has 1 amide bonds. The van der Waals surface area contributed by atoms with E-state index in [9.17, 15) is 9.59 Å². The Bertz CT molecular complexity index is 725. The molecule has 0 saturated heterocycles. The number of halogens is 1. The van der Waals surface area contributed by atoms with Crippen molar-refractivity contribution in [3.63, 3.8) is 0 Å². The number of hydrogen-bond acceptors (Lipinski definition) is 4. The number of methoxy groups -OCH3 is 1. The predicted molar refractivity (Wildman–Crippen MR) is 89.6 cm³/mol. The molecule has 5 nitrogen and oxygen atoms in total. The van der Waals surface area contributed by atoms with Crippen molar-refractivity contribution in [2.75, 3.05) is 13.7 Å². The molecule has 1 N–H and O–H groups in total. The topological polar surface area (TPSA) is 64.6 Å². The Kier molecular flexibility index (Phi) is 4.90. The van der Waals surface area contributed by atoms with Crippen LogP contribution in [0.5, 0.6) is 0 Å². The number of hydrogen-bond donors (Lipinski definition) is 1. The van der Waals surface area contributed by atoms with Crippen molar-refractivity contribution >= 4 is 23.5 Å². The minimum Gasteiger partial charge on any atom is -0.493 e. The third kappa shape index (κ3) is 3.31. The van der Waals surface area contributed by atoms with Crippen LogP contribution < -0.4 is 5.32 Å². The van der Waals surface area contributed by atoms with E-state index in [-0.39, 0.29) is 23.8 Å². The molecule has 0 bridgehead atoms. The molecular weight excluding hydrogens is 330 g/mol. The van der Waals surface area contributed by atoms with Gasteiger partial charge in [-0.05, 0) is 30.2 Å². The van der Waals surface area contributed by atoms with Crippen LogP contribution in [0.25, 0.3) is 0 Å². The molecule has 0 radical (unpaired) electrons. The highest BCUT2D eigenvalue weighted by Crippen LogP contribution is 2.32. The number of carbonyl (C=O) groups is 2. The van der Waals surface area contributed by atoms with E-state index in [0.29, 0.717) is 30.0 Å². The summed E-state index contributed by atoms with van der Waals surface area (Å²) in [6, 6.07) is 6.73. The van der Waals surface area contributed by atoms with Crippen LogP contribution in [0, 0.1) is 5.92 Å². The van der Waals surface area contributed by atoms with Crippen LogP contribution >= 0.6 is 11.6 Å². The molecule has 0 spiro atoms. The second-order valence-electron chi connectivity index (χ2n) is 5.73. The van der Waals surface area contributed by atoms with Crippen LogP contribution in [-0.2, 0) is 14.3 Å². The lowest BCUT2D eigenvalue weighted by Gasteiger charge is -2.32. The molecule has 3 rings (SSSR count). The quantitative estimate of drug-likeness (QED) is 0.854. The monoisotopic (exact) mass is 347 g/mol. The van der Waals surface area contributed by atoms with Crippen molar-refractivity contribution in [1.82, 2.24) is 5.32 Å². The van der Waals surface area contributed by atoms with Gasteiger partial charge in [-0.3, -0.25) is 9.59 Å². The maximum Gasteiger partial charge on any atom is 0.312 e. The summed E-state index contributed by atoms with van der Waals surface area (Å²) < 4.78 is 10.5. The van der Waals surface area contributed by atoms with E-state index in [1.807, 2.05) is 0 Å². The molecule has 1 unspecified atom stereocenters. The first kappa shape index (κ1) is 16.6. The van der Waals surface area contributed by atoms with Crippen molar-refractivity contribution in [2.45, 2.75) is 18.9 Å². The van der Waals surface area contributed by atoms with Crippen LogP contribution in [0.4, 0.5) is 0 Å². The molecule has 0 aromatic heterocycles. The minimum atomic E-state index is -0.352. The lowest BCUT2D eigenvalue weighted by Crippen LogP contribution is -2.41. The molecule has 126 valence electrons. The number of carbonyl (C=O) groups excluding carboxylic acids is 2. The summed E-state index contributed by atoms with van der Waals surface area (Å²) in [7, 11) is 1.37.